The highest BCUT2D eigenvalue weighted by atomic mass is 32.2. The van der Waals surface area contributed by atoms with Gasteiger partial charge in [0.1, 0.15) is 5.75 Å². The van der Waals surface area contributed by atoms with Crippen molar-refractivity contribution in [3.05, 3.63) is 53.6 Å². The molecule has 2 rings (SSSR count). The number of halogens is 2. The Kier molecular flexibility index (Phi) is 6.41. The van der Waals surface area contributed by atoms with Gasteiger partial charge in [-0.3, -0.25) is 4.79 Å². The first kappa shape index (κ1) is 21.8. The fourth-order valence-corrected chi connectivity index (χ4v) is 3.84. The van der Waals surface area contributed by atoms with E-state index in [1.54, 1.807) is 33.8 Å². The van der Waals surface area contributed by atoms with E-state index in [1.165, 1.54) is 36.4 Å². The van der Waals surface area contributed by atoms with Gasteiger partial charge in [-0.25, -0.2) is 13.1 Å². The van der Waals surface area contributed by atoms with Crippen molar-refractivity contribution in [2.45, 2.75) is 44.7 Å². The molecule has 9 heteroatoms. The molecule has 0 aromatic heterocycles. The number of benzene rings is 2. The number of hydrogen-bond acceptors (Lipinski definition) is 4. The molecule has 0 saturated carbocycles. The highest BCUT2D eigenvalue weighted by molar-refractivity contribution is 7.89. The van der Waals surface area contributed by atoms with Gasteiger partial charge in [0.15, 0.2) is 0 Å². The first-order valence-corrected chi connectivity index (χ1v) is 9.86. The van der Waals surface area contributed by atoms with E-state index >= 15 is 0 Å². The van der Waals surface area contributed by atoms with Crippen molar-refractivity contribution >= 4 is 21.6 Å². The number of carbonyl (C=O) groups is 1. The van der Waals surface area contributed by atoms with Gasteiger partial charge in [0.25, 0.3) is 5.91 Å². The summed E-state index contributed by atoms with van der Waals surface area (Å²) in [6.07, 6.45) is 0. The Morgan fingerprint density at radius 1 is 1.07 bits per heavy atom. The second kappa shape index (κ2) is 8.24. The van der Waals surface area contributed by atoms with Crippen LogP contribution in [0.15, 0.2) is 47.4 Å². The summed E-state index contributed by atoms with van der Waals surface area (Å²) in [5.74, 6) is -0.557. The molecule has 6 nitrogen and oxygen atoms in total. The number of aryl methyl sites for hydroxylation is 1. The Morgan fingerprint density at radius 2 is 1.68 bits per heavy atom. The first-order valence-electron chi connectivity index (χ1n) is 8.38. The zero-order chi connectivity index (χ0) is 21.1. The molecule has 0 unspecified atom stereocenters. The van der Waals surface area contributed by atoms with Gasteiger partial charge in [0.2, 0.25) is 10.0 Å². The van der Waals surface area contributed by atoms with Gasteiger partial charge < -0.3 is 10.1 Å². The highest BCUT2D eigenvalue weighted by Gasteiger charge is 2.23. The number of carbonyl (C=O) groups excluding carboxylic acids is 1. The van der Waals surface area contributed by atoms with Gasteiger partial charge in [0.05, 0.1) is 4.90 Å². The van der Waals surface area contributed by atoms with Crippen LogP contribution in [-0.2, 0) is 10.0 Å². The smallest absolute Gasteiger partial charge is 0.387 e. The molecule has 0 spiro atoms. The molecular formula is C19H22F2N2O4S. The molecule has 0 atom stereocenters. The predicted molar refractivity (Wildman–Crippen MR) is 102 cm³/mol. The molecule has 28 heavy (non-hydrogen) atoms. The maximum atomic E-state index is 12.6. The molecular weight excluding hydrogens is 390 g/mol. The summed E-state index contributed by atoms with van der Waals surface area (Å²) in [7, 11) is -3.80. The van der Waals surface area contributed by atoms with E-state index in [1.807, 2.05) is 0 Å². The van der Waals surface area contributed by atoms with E-state index < -0.39 is 28.1 Å². The van der Waals surface area contributed by atoms with Crippen molar-refractivity contribution in [3.63, 3.8) is 0 Å². The number of alkyl halides is 2. The molecule has 0 saturated heterocycles. The predicted octanol–water partition coefficient (Wildman–Crippen LogP) is 3.93. The molecule has 0 bridgehead atoms. The molecule has 2 N–H and O–H groups in total. The molecule has 2 aromatic rings. The van der Waals surface area contributed by atoms with Crippen LogP contribution in [-0.4, -0.2) is 26.5 Å². The van der Waals surface area contributed by atoms with Gasteiger partial charge in [0, 0.05) is 16.8 Å². The van der Waals surface area contributed by atoms with Crippen LogP contribution in [0.3, 0.4) is 0 Å². The Labute approximate surface area is 163 Å². The lowest BCUT2D eigenvalue weighted by molar-refractivity contribution is -0.0498. The second-order valence-electron chi connectivity index (χ2n) is 7.19. The highest BCUT2D eigenvalue weighted by Crippen LogP contribution is 2.21. The van der Waals surface area contributed by atoms with Crippen molar-refractivity contribution in [1.29, 1.82) is 0 Å². The molecule has 1 amide bonds. The van der Waals surface area contributed by atoms with Crippen LogP contribution in [0.1, 0.15) is 36.7 Å². The van der Waals surface area contributed by atoms with Crippen LogP contribution in [0.2, 0.25) is 0 Å². The Morgan fingerprint density at radius 3 is 2.21 bits per heavy atom. The SMILES string of the molecule is Cc1ccc(S(=O)(=O)NC(C)(C)C)cc1C(=O)Nc1ccc(OC(F)F)cc1. The molecule has 0 fully saturated rings. The lowest BCUT2D eigenvalue weighted by Crippen LogP contribution is -2.40. The average molecular weight is 412 g/mol. The largest absolute Gasteiger partial charge is 0.435 e. The molecule has 152 valence electrons. The summed E-state index contributed by atoms with van der Waals surface area (Å²) >= 11 is 0. The first-order chi connectivity index (χ1) is 12.9. The summed E-state index contributed by atoms with van der Waals surface area (Å²) < 4.78 is 56.2. The quantitative estimate of drug-likeness (QED) is 0.753. The molecule has 0 radical (unpaired) electrons. The van der Waals surface area contributed by atoms with Gasteiger partial charge in [-0.15, -0.1) is 0 Å². The Hall–Kier alpha value is -2.52. The summed E-state index contributed by atoms with van der Waals surface area (Å²) in [5.41, 5.74) is 0.454. The molecule has 0 aliphatic heterocycles. The average Bonchev–Trinajstić information content (AvgIpc) is 2.54. The second-order valence-corrected chi connectivity index (χ2v) is 8.87. The number of ether oxygens (including phenoxy) is 1. The normalized spacial score (nSPS) is 12.1. The molecule has 2 aromatic carbocycles. The Balaban J connectivity index is 2.24. The Bertz CT molecular complexity index is 953. The minimum atomic E-state index is -3.80. The van der Waals surface area contributed by atoms with E-state index in [4.69, 9.17) is 0 Å². The third-order valence-electron chi connectivity index (χ3n) is 3.54. The fraction of sp³-hybridized carbons (Fsp3) is 0.316. The number of sulfonamides is 1. The minimum absolute atomic E-state index is 0.0288. The number of anilines is 1. The van der Waals surface area contributed by atoms with Crippen LogP contribution in [0.25, 0.3) is 0 Å². The molecule has 0 heterocycles. The summed E-state index contributed by atoms with van der Waals surface area (Å²) in [5, 5.41) is 2.61. The van der Waals surface area contributed by atoms with Crippen molar-refractivity contribution in [2.24, 2.45) is 0 Å². The van der Waals surface area contributed by atoms with E-state index in [9.17, 15) is 22.0 Å². The number of amides is 1. The third kappa shape index (κ3) is 6.00. The fourth-order valence-electron chi connectivity index (χ4n) is 2.39. The van der Waals surface area contributed by atoms with E-state index in [0.717, 1.165) is 0 Å². The van der Waals surface area contributed by atoms with Gasteiger partial charge in [-0.05, 0) is 69.7 Å². The lowest BCUT2D eigenvalue weighted by atomic mass is 10.1. The maximum Gasteiger partial charge on any atom is 0.387 e. The standard InChI is InChI=1S/C19H22F2N2O4S/c1-12-5-10-15(28(25,26)23-19(2,3)4)11-16(12)17(24)22-13-6-8-14(9-7-13)27-18(20)21/h5-11,18,23H,1-4H3,(H,22,24). The van der Waals surface area contributed by atoms with Crippen LogP contribution >= 0.6 is 0 Å². The maximum absolute atomic E-state index is 12.6. The van der Waals surface area contributed by atoms with Gasteiger partial charge in [-0.2, -0.15) is 8.78 Å². The minimum Gasteiger partial charge on any atom is -0.435 e. The van der Waals surface area contributed by atoms with E-state index in [-0.39, 0.29) is 16.2 Å². The monoisotopic (exact) mass is 412 g/mol. The van der Waals surface area contributed by atoms with Crippen LogP contribution < -0.4 is 14.8 Å². The van der Waals surface area contributed by atoms with Crippen molar-refractivity contribution in [1.82, 2.24) is 4.72 Å². The zero-order valence-corrected chi connectivity index (χ0v) is 16.7. The summed E-state index contributed by atoms with van der Waals surface area (Å²) in [4.78, 5) is 12.6. The number of rotatable bonds is 6. The van der Waals surface area contributed by atoms with Crippen LogP contribution in [0.5, 0.6) is 5.75 Å². The lowest BCUT2D eigenvalue weighted by Gasteiger charge is -2.20. The van der Waals surface area contributed by atoms with E-state index in [0.29, 0.717) is 11.3 Å². The number of hydrogen-bond donors (Lipinski definition) is 2. The zero-order valence-electron chi connectivity index (χ0n) is 15.9. The molecule has 0 aliphatic rings. The van der Waals surface area contributed by atoms with Crippen molar-refractivity contribution < 1.29 is 26.7 Å². The third-order valence-corrected chi connectivity index (χ3v) is 5.30. The summed E-state index contributed by atoms with van der Waals surface area (Å²) in [6, 6.07) is 9.68. The number of nitrogens with one attached hydrogen (secondary N) is 2. The van der Waals surface area contributed by atoms with Gasteiger partial charge in [-0.1, -0.05) is 6.07 Å². The van der Waals surface area contributed by atoms with Crippen LogP contribution in [0.4, 0.5) is 14.5 Å². The van der Waals surface area contributed by atoms with Crippen molar-refractivity contribution in [2.75, 3.05) is 5.32 Å². The van der Waals surface area contributed by atoms with Crippen LogP contribution in [0, 0.1) is 6.92 Å². The van der Waals surface area contributed by atoms with Gasteiger partial charge >= 0.3 is 6.61 Å². The summed E-state index contributed by atoms with van der Waals surface area (Å²) in [6.45, 7) is 3.90. The van der Waals surface area contributed by atoms with E-state index in [2.05, 4.69) is 14.8 Å². The topological polar surface area (TPSA) is 84.5 Å². The molecule has 0 aliphatic carbocycles. The van der Waals surface area contributed by atoms with Crippen molar-refractivity contribution in [3.8, 4) is 5.75 Å².